The van der Waals surface area contributed by atoms with Crippen molar-refractivity contribution in [3.63, 3.8) is 0 Å². The van der Waals surface area contributed by atoms with Crippen LogP contribution in [0.1, 0.15) is 18.1 Å². The highest BCUT2D eigenvalue weighted by molar-refractivity contribution is 5.50. The van der Waals surface area contributed by atoms with Gasteiger partial charge in [-0.05, 0) is 37.1 Å². The van der Waals surface area contributed by atoms with Gasteiger partial charge in [0.2, 0.25) is 0 Å². The number of anilines is 1. The van der Waals surface area contributed by atoms with Gasteiger partial charge in [0.15, 0.2) is 11.5 Å². The zero-order chi connectivity index (χ0) is 20.4. The van der Waals surface area contributed by atoms with E-state index < -0.39 is 4.92 Å². The quantitative estimate of drug-likeness (QED) is 0.249. The summed E-state index contributed by atoms with van der Waals surface area (Å²) in [6, 6.07) is 10.5. The molecule has 0 heterocycles. The molecule has 0 atom stereocenters. The molecule has 0 saturated carbocycles. The summed E-state index contributed by atoms with van der Waals surface area (Å²) in [4.78, 5) is 10.3. The van der Waals surface area contributed by atoms with Crippen molar-refractivity contribution in [3.8, 4) is 11.5 Å². The number of rotatable bonds is 12. The highest BCUT2D eigenvalue weighted by Crippen LogP contribution is 2.33. The minimum absolute atomic E-state index is 0.0865. The lowest BCUT2D eigenvalue weighted by Gasteiger charge is -2.16. The molecule has 0 aromatic heterocycles. The van der Waals surface area contributed by atoms with E-state index in [2.05, 4.69) is 23.3 Å². The second-order valence-corrected chi connectivity index (χ2v) is 6.12. The zero-order valence-electron chi connectivity index (χ0n) is 16.4. The lowest BCUT2D eigenvalue weighted by Crippen LogP contribution is -2.22. The maximum Gasteiger partial charge on any atom is 0.269 e. The van der Waals surface area contributed by atoms with Gasteiger partial charge in [-0.25, -0.2) is 0 Å². The number of nitrogens with one attached hydrogen (secondary N) is 2. The number of hydrogen-bond donors (Lipinski definition) is 2. The monoisotopic (exact) mass is 385 g/mol. The average molecular weight is 385 g/mol. The van der Waals surface area contributed by atoms with Crippen molar-refractivity contribution in [3.05, 3.63) is 70.3 Å². The second kappa shape index (κ2) is 10.9. The molecule has 2 rings (SSSR count). The molecule has 2 aromatic carbocycles. The van der Waals surface area contributed by atoms with E-state index in [9.17, 15) is 10.1 Å². The number of ether oxygens (including phenoxy) is 2. The molecule has 0 aliphatic heterocycles. The number of hydrogen-bond acceptors (Lipinski definition) is 6. The largest absolute Gasteiger partial charge is 0.493 e. The number of allylic oxidation sites excluding steroid dienone is 1. The van der Waals surface area contributed by atoms with E-state index in [1.807, 2.05) is 19.1 Å². The fourth-order valence-electron chi connectivity index (χ4n) is 2.82. The SMILES string of the molecule is C=CCc1cc(CNCCNc2ccc([N+](=O)[O-])cc2)cc(OC)c1OCC. The lowest BCUT2D eigenvalue weighted by atomic mass is 10.1. The van der Waals surface area contributed by atoms with Gasteiger partial charge in [-0.1, -0.05) is 12.1 Å². The summed E-state index contributed by atoms with van der Waals surface area (Å²) in [5.74, 6) is 1.50. The van der Waals surface area contributed by atoms with Gasteiger partial charge in [0.05, 0.1) is 18.6 Å². The number of benzene rings is 2. The molecule has 7 nitrogen and oxygen atoms in total. The van der Waals surface area contributed by atoms with Crippen LogP contribution in [0.15, 0.2) is 49.1 Å². The van der Waals surface area contributed by atoms with Crippen molar-refractivity contribution in [2.45, 2.75) is 19.9 Å². The van der Waals surface area contributed by atoms with Gasteiger partial charge in [0.1, 0.15) is 0 Å². The van der Waals surface area contributed by atoms with Crippen molar-refractivity contribution in [2.24, 2.45) is 0 Å². The summed E-state index contributed by atoms with van der Waals surface area (Å²) in [5.41, 5.74) is 3.09. The van der Waals surface area contributed by atoms with E-state index in [0.717, 1.165) is 34.9 Å². The minimum Gasteiger partial charge on any atom is -0.493 e. The van der Waals surface area contributed by atoms with Gasteiger partial charge < -0.3 is 20.1 Å². The van der Waals surface area contributed by atoms with Gasteiger partial charge in [-0.15, -0.1) is 6.58 Å². The molecule has 0 fully saturated rings. The summed E-state index contributed by atoms with van der Waals surface area (Å²) in [7, 11) is 1.64. The Morgan fingerprint density at radius 2 is 1.96 bits per heavy atom. The number of nitro groups is 1. The van der Waals surface area contributed by atoms with Gasteiger partial charge in [-0.2, -0.15) is 0 Å². The molecule has 0 amide bonds. The summed E-state index contributed by atoms with van der Waals surface area (Å²) >= 11 is 0. The molecule has 0 bridgehead atoms. The molecular weight excluding hydrogens is 358 g/mol. The first kappa shape index (κ1) is 21.2. The average Bonchev–Trinajstić information content (AvgIpc) is 2.70. The van der Waals surface area contributed by atoms with E-state index in [1.165, 1.54) is 12.1 Å². The van der Waals surface area contributed by atoms with Crippen LogP contribution in [0.25, 0.3) is 0 Å². The van der Waals surface area contributed by atoms with Crippen LogP contribution in [0.2, 0.25) is 0 Å². The van der Waals surface area contributed by atoms with E-state index in [4.69, 9.17) is 9.47 Å². The van der Waals surface area contributed by atoms with Crippen molar-refractivity contribution >= 4 is 11.4 Å². The molecule has 0 aliphatic rings. The third-order valence-corrected chi connectivity index (χ3v) is 4.10. The number of methoxy groups -OCH3 is 1. The van der Waals surface area contributed by atoms with E-state index in [0.29, 0.717) is 26.1 Å². The molecule has 0 unspecified atom stereocenters. The Labute approximate surface area is 165 Å². The van der Waals surface area contributed by atoms with Gasteiger partial charge in [0, 0.05) is 43.0 Å². The number of non-ortho nitro benzene ring substituents is 1. The van der Waals surface area contributed by atoms with Crippen molar-refractivity contribution < 1.29 is 14.4 Å². The smallest absolute Gasteiger partial charge is 0.269 e. The standard InChI is InChI=1S/C21H27N3O4/c1-4-6-17-13-16(14-20(27-3)21(17)28-5-2)15-22-11-12-23-18-7-9-19(10-8-18)24(25)26/h4,7-10,13-14,22-23H,1,5-6,11-12,15H2,2-3H3. The third kappa shape index (κ3) is 5.99. The molecule has 0 aliphatic carbocycles. The first-order valence-corrected chi connectivity index (χ1v) is 9.21. The van der Waals surface area contributed by atoms with E-state index in [-0.39, 0.29) is 5.69 Å². The van der Waals surface area contributed by atoms with Crippen molar-refractivity contribution in [1.82, 2.24) is 5.32 Å². The molecule has 0 radical (unpaired) electrons. The van der Waals surface area contributed by atoms with Crippen LogP contribution in [-0.4, -0.2) is 31.7 Å². The van der Waals surface area contributed by atoms with Gasteiger partial charge in [-0.3, -0.25) is 10.1 Å². The lowest BCUT2D eigenvalue weighted by molar-refractivity contribution is -0.384. The highest BCUT2D eigenvalue weighted by Gasteiger charge is 2.12. The predicted molar refractivity (Wildman–Crippen MR) is 111 cm³/mol. The summed E-state index contributed by atoms with van der Waals surface area (Å²) < 4.78 is 11.2. The molecule has 2 N–H and O–H groups in total. The Bertz CT molecular complexity index is 791. The van der Waals surface area contributed by atoms with E-state index in [1.54, 1.807) is 19.2 Å². The Balaban J connectivity index is 1.88. The summed E-state index contributed by atoms with van der Waals surface area (Å²) in [5, 5.41) is 17.3. The van der Waals surface area contributed by atoms with Gasteiger partial charge in [0.25, 0.3) is 5.69 Å². The summed E-state index contributed by atoms with van der Waals surface area (Å²) in [6.45, 7) is 8.47. The maximum absolute atomic E-state index is 10.7. The third-order valence-electron chi connectivity index (χ3n) is 4.10. The van der Waals surface area contributed by atoms with E-state index >= 15 is 0 Å². The second-order valence-electron chi connectivity index (χ2n) is 6.12. The Morgan fingerprint density at radius 1 is 1.21 bits per heavy atom. The van der Waals surface area contributed by atoms with Crippen molar-refractivity contribution in [2.75, 3.05) is 32.1 Å². The Morgan fingerprint density at radius 3 is 2.57 bits per heavy atom. The van der Waals surface area contributed by atoms with Crippen molar-refractivity contribution in [1.29, 1.82) is 0 Å². The van der Waals surface area contributed by atoms with Crippen LogP contribution in [0.4, 0.5) is 11.4 Å². The topological polar surface area (TPSA) is 85.7 Å². The number of nitro benzene ring substituents is 1. The van der Waals surface area contributed by atoms with Crippen LogP contribution in [0.5, 0.6) is 11.5 Å². The van der Waals surface area contributed by atoms with Gasteiger partial charge >= 0.3 is 0 Å². The summed E-state index contributed by atoms with van der Waals surface area (Å²) in [6.07, 6.45) is 2.56. The molecule has 2 aromatic rings. The molecule has 7 heteroatoms. The molecular formula is C21H27N3O4. The maximum atomic E-state index is 10.7. The van der Waals surface area contributed by atoms with Crippen LogP contribution in [0.3, 0.4) is 0 Å². The molecule has 28 heavy (non-hydrogen) atoms. The Kier molecular flexibility index (Phi) is 8.30. The van der Waals surface area contributed by atoms with Crippen LogP contribution >= 0.6 is 0 Å². The molecule has 0 saturated heterocycles. The fourth-order valence-corrected chi connectivity index (χ4v) is 2.82. The van der Waals surface area contributed by atoms with Crippen LogP contribution in [0, 0.1) is 10.1 Å². The van der Waals surface area contributed by atoms with Crippen LogP contribution < -0.4 is 20.1 Å². The Hall–Kier alpha value is -3.06. The molecule has 150 valence electrons. The zero-order valence-corrected chi connectivity index (χ0v) is 16.4. The highest BCUT2D eigenvalue weighted by atomic mass is 16.6. The molecule has 0 spiro atoms. The number of nitrogens with zero attached hydrogens (tertiary/aromatic N) is 1. The predicted octanol–water partition coefficient (Wildman–Crippen LogP) is 3.93. The van der Waals surface area contributed by atoms with Crippen LogP contribution in [-0.2, 0) is 13.0 Å². The normalized spacial score (nSPS) is 10.4. The fraction of sp³-hybridized carbons (Fsp3) is 0.333. The first-order valence-electron chi connectivity index (χ1n) is 9.21. The minimum atomic E-state index is -0.406. The first-order chi connectivity index (χ1) is 13.6.